The molecule has 0 N–H and O–H groups in total. The zero-order valence-electron chi connectivity index (χ0n) is 14.6. The molecule has 132 valence electrons. The van der Waals surface area contributed by atoms with Crippen molar-refractivity contribution in [3.05, 3.63) is 62.2 Å². The smallest absolute Gasteiger partial charge is 0.360 e. The van der Waals surface area contributed by atoms with Crippen LogP contribution in [0.5, 0.6) is 5.75 Å². The summed E-state index contributed by atoms with van der Waals surface area (Å²) in [6.45, 7) is 4.36. The fourth-order valence-electron chi connectivity index (χ4n) is 2.33. The van der Waals surface area contributed by atoms with E-state index in [0.29, 0.717) is 12.2 Å². The maximum absolute atomic E-state index is 12.0. The van der Waals surface area contributed by atoms with E-state index in [1.807, 2.05) is 38.1 Å². The van der Waals surface area contributed by atoms with E-state index in [1.165, 1.54) is 17.8 Å². The number of halogens is 1. The van der Waals surface area contributed by atoms with Gasteiger partial charge in [0, 0.05) is 9.13 Å². The Labute approximate surface area is 161 Å². The second-order valence-electron chi connectivity index (χ2n) is 5.43. The topological polar surface area (TPSA) is 57.1 Å². The number of hydrogen-bond acceptors (Lipinski definition) is 5. The largest absolute Gasteiger partial charge is 0.489 e. The van der Waals surface area contributed by atoms with Crippen LogP contribution in [0, 0.1) is 17.4 Å². The summed E-state index contributed by atoms with van der Waals surface area (Å²) < 4.78 is 12.0. The molecule has 5 nitrogen and oxygen atoms in total. The molecule has 25 heavy (non-hydrogen) atoms. The Balaban J connectivity index is 2.31. The number of nitrogens with zero attached hydrogens (tertiary/aromatic N) is 1. The maximum atomic E-state index is 12.0. The van der Waals surface area contributed by atoms with Crippen LogP contribution in [-0.4, -0.2) is 25.9 Å². The van der Waals surface area contributed by atoms with Gasteiger partial charge in [0.25, 0.3) is 0 Å². The average molecular weight is 453 g/mol. The fourth-order valence-corrected chi connectivity index (χ4v) is 2.95. The predicted octanol–water partition coefficient (Wildman–Crippen LogP) is 4.01. The van der Waals surface area contributed by atoms with Crippen LogP contribution in [0.1, 0.15) is 22.3 Å². The highest BCUT2D eigenvalue weighted by Gasteiger charge is 2.19. The zero-order chi connectivity index (χ0) is 18.4. The summed E-state index contributed by atoms with van der Waals surface area (Å²) >= 11 is 2.30. The molecule has 2 aromatic carbocycles. The first-order valence-electron chi connectivity index (χ1n) is 7.65. The maximum Gasteiger partial charge on any atom is 0.360 e. The summed E-state index contributed by atoms with van der Waals surface area (Å²) in [6, 6.07) is 11.5. The highest BCUT2D eigenvalue weighted by atomic mass is 127. The third-order valence-corrected chi connectivity index (χ3v) is 4.84. The van der Waals surface area contributed by atoms with Crippen molar-refractivity contribution in [2.24, 2.45) is 5.16 Å². The van der Waals surface area contributed by atoms with Crippen molar-refractivity contribution in [2.45, 2.75) is 20.5 Å². The van der Waals surface area contributed by atoms with Crippen LogP contribution in [-0.2, 0) is 21.0 Å². The monoisotopic (exact) mass is 453 g/mol. The summed E-state index contributed by atoms with van der Waals surface area (Å²) in [7, 11) is 2.70. The first-order valence-corrected chi connectivity index (χ1v) is 8.73. The molecule has 0 aliphatic rings. The van der Waals surface area contributed by atoms with Crippen molar-refractivity contribution in [3.63, 3.8) is 0 Å². The van der Waals surface area contributed by atoms with E-state index in [4.69, 9.17) is 14.3 Å². The lowest BCUT2D eigenvalue weighted by Gasteiger charge is -2.14. The molecule has 0 saturated carbocycles. The van der Waals surface area contributed by atoms with E-state index in [9.17, 15) is 4.79 Å². The predicted molar refractivity (Wildman–Crippen MR) is 105 cm³/mol. The number of hydrogen-bond donors (Lipinski definition) is 0. The molecule has 0 amide bonds. The number of rotatable bonds is 6. The van der Waals surface area contributed by atoms with Gasteiger partial charge in [-0.1, -0.05) is 29.4 Å². The molecule has 0 aromatic heterocycles. The molecule has 0 bridgehead atoms. The molecule has 0 heterocycles. The Hall–Kier alpha value is -2.09. The van der Waals surface area contributed by atoms with Gasteiger partial charge in [0.05, 0.1) is 7.11 Å². The van der Waals surface area contributed by atoms with Gasteiger partial charge in [0.15, 0.2) is 5.71 Å². The summed E-state index contributed by atoms with van der Waals surface area (Å²) in [5, 5.41) is 3.81. The van der Waals surface area contributed by atoms with Gasteiger partial charge in [-0.2, -0.15) is 0 Å². The van der Waals surface area contributed by atoms with Crippen molar-refractivity contribution in [3.8, 4) is 5.75 Å². The average Bonchev–Trinajstić information content (AvgIpc) is 2.61. The first-order chi connectivity index (χ1) is 12.0. The van der Waals surface area contributed by atoms with Crippen LogP contribution in [0.4, 0.5) is 0 Å². The van der Waals surface area contributed by atoms with Crippen LogP contribution in [0.2, 0.25) is 0 Å². The molecule has 0 aliphatic carbocycles. The highest BCUT2D eigenvalue weighted by Crippen LogP contribution is 2.25. The second-order valence-corrected chi connectivity index (χ2v) is 6.59. The Bertz CT molecular complexity index is 802. The lowest BCUT2D eigenvalue weighted by molar-refractivity contribution is -0.132. The normalized spacial score (nSPS) is 11.2. The van der Waals surface area contributed by atoms with Gasteiger partial charge in [-0.15, -0.1) is 0 Å². The van der Waals surface area contributed by atoms with Gasteiger partial charge >= 0.3 is 5.97 Å². The lowest BCUT2D eigenvalue weighted by atomic mass is 10.0. The SMILES string of the molecule is CO/N=C(/C(=O)OC)c1ccccc1COc1cc(C)c(I)cc1C. The Morgan fingerprint density at radius 2 is 1.84 bits per heavy atom. The summed E-state index contributed by atoms with van der Waals surface area (Å²) in [4.78, 5) is 16.8. The minimum Gasteiger partial charge on any atom is -0.489 e. The highest BCUT2D eigenvalue weighted by molar-refractivity contribution is 14.1. The lowest BCUT2D eigenvalue weighted by Crippen LogP contribution is -2.19. The van der Waals surface area contributed by atoms with Gasteiger partial charge in [-0.3, -0.25) is 0 Å². The third-order valence-electron chi connectivity index (χ3n) is 3.67. The Morgan fingerprint density at radius 3 is 2.52 bits per heavy atom. The minimum absolute atomic E-state index is 0.111. The molecule has 0 fully saturated rings. The van der Waals surface area contributed by atoms with Gasteiger partial charge in [-0.25, -0.2) is 4.79 Å². The van der Waals surface area contributed by atoms with Crippen molar-refractivity contribution in [1.29, 1.82) is 0 Å². The van der Waals surface area contributed by atoms with Crippen LogP contribution in [0.15, 0.2) is 41.6 Å². The number of methoxy groups -OCH3 is 1. The molecule has 0 aliphatic heterocycles. The Kier molecular flexibility index (Phi) is 6.81. The molecule has 0 spiro atoms. The first kappa shape index (κ1) is 19.2. The van der Waals surface area contributed by atoms with E-state index in [2.05, 4.69) is 33.8 Å². The molecular formula is C19H20INO4. The van der Waals surface area contributed by atoms with Crippen molar-refractivity contribution < 1.29 is 19.1 Å². The number of benzene rings is 2. The standard InChI is InChI=1S/C19H20INO4/c1-12-10-17(13(2)9-16(12)20)25-11-14-7-5-6-8-15(14)18(21-24-4)19(22)23-3/h5-10H,11H2,1-4H3/b21-18+. The van der Waals surface area contributed by atoms with Gasteiger partial charge < -0.3 is 14.3 Å². The summed E-state index contributed by atoms with van der Waals surface area (Å²) in [5.74, 6) is 0.256. The van der Waals surface area contributed by atoms with Crippen LogP contribution in [0.25, 0.3) is 0 Å². The quantitative estimate of drug-likeness (QED) is 0.287. The van der Waals surface area contributed by atoms with E-state index < -0.39 is 5.97 Å². The third kappa shape index (κ3) is 4.72. The molecule has 6 heteroatoms. The summed E-state index contributed by atoms with van der Waals surface area (Å²) in [6.07, 6.45) is 0. The van der Waals surface area contributed by atoms with E-state index in [0.717, 1.165) is 22.4 Å². The number of esters is 1. The number of carbonyl (C=O) groups is 1. The zero-order valence-corrected chi connectivity index (χ0v) is 16.8. The van der Waals surface area contributed by atoms with E-state index in [1.54, 1.807) is 6.07 Å². The van der Waals surface area contributed by atoms with Gasteiger partial charge in [0.2, 0.25) is 0 Å². The van der Waals surface area contributed by atoms with Gasteiger partial charge in [-0.05, 0) is 65.3 Å². The van der Waals surface area contributed by atoms with E-state index >= 15 is 0 Å². The molecule has 2 rings (SSSR count). The number of carbonyl (C=O) groups excluding carboxylic acids is 1. The van der Waals surface area contributed by atoms with E-state index in [-0.39, 0.29) is 5.71 Å². The fraction of sp³-hybridized carbons (Fsp3) is 0.263. The number of ether oxygens (including phenoxy) is 2. The van der Waals surface area contributed by atoms with Gasteiger partial charge in [0.1, 0.15) is 19.5 Å². The second kappa shape index (κ2) is 8.84. The molecule has 0 unspecified atom stereocenters. The molecular weight excluding hydrogens is 433 g/mol. The van der Waals surface area contributed by atoms with Crippen molar-refractivity contribution >= 4 is 34.3 Å². The molecule has 2 aromatic rings. The number of aryl methyl sites for hydroxylation is 2. The number of oxime groups is 1. The summed E-state index contributed by atoms with van der Waals surface area (Å²) in [5.41, 5.74) is 3.77. The molecule has 0 atom stereocenters. The molecule has 0 radical (unpaired) electrons. The Morgan fingerprint density at radius 1 is 1.12 bits per heavy atom. The minimum atomic E-state index is -0.560. The van der Waals surface area contributed by atoms with Crippen LogP contribution in [0.3, 0.4) is 0 Å². The van der Waals surface area contributed by atoms with Crippen molar-refractivity contribution in [1.82, 2.24) is 0 Å². The van der Waals surface area contributed by atoms with Crippen molar-refractivity contribution in [2.75, 3.05) is 14.2 Å². The molecule has 0 saturated heterocycles. The van der Waals surface area contributed by atoms with Crippen LogP contribution >= 0.6 is 22.6 Å². The van der Waals surface area contributed by atoms with Crippen LogP contribution < -0.4 is 4.74 Å².